The molecule has 0 N–H and O–H groups in total. The second kappa shape index (κ2) is 3.62. The van der Waals surface area contributed by atoms with Gasteiger partial charge in [0.1, 0.15) is 5.69 Å². The molecular formula is C7H10N2O2S. The van der Waals surface area contributed by atoms with E-state index in [1.165, 1.54) is 10.7 Å². The summed E-state index contributed by atoms with van der Waals surface area (Å²) >= 11 is 3.63. The normalized spacial score (nSPS) is 9.92. The third kappa shape index (κ3) is 1.61. The highest BCUT2D eigenvalue weighted by atomic mass is 32.1. The van der Waals surface area contributed by atoms with Crippen molar-refractivity contribution >= 4 is 12.9 Å². The van der Waals surface area contributed by atoms with Gasteiger partial charge in [0.05, 0.1) is 6.07 Å². The van der Waals surface area contributed by atoms with Gasteiger partial charge >= 0.3 is 0 Å². The SMILES string of the molecule is CCc1nn(C)c(=O)cc1OS. The van der Waals surface area contributed by atoms with Gasteiger partial charge in [0.2, 0.25) is 0 Å². The van der Waals surface area contributed by atoms with E-state index >= 15 is 0 Å². The van der Waals surface area contributed by atoms with Crippen LogP contribution in [0.25, 0.3) is 0 Å². The van der Waals surface area contributed by atoms with E-state index < -0.39 is 0 Å². The molecule has 0 fully saturated rings. The summed E-state index contributed by atoms with van der Waals surface area (Å²) in [7, 11) is 1.60. The van der Waals surface area contributed by atoms with E-state index in [0.29, 0.717) is 12.2 Å². The van der Waals surface area contributed by atoms with Crippen LogP contribution in [-0.4, -0.2) is 9.78 Å². The summed E-state index contributed by atoms with van der Waals surface area (Å²) in [6.45, 7) is 1.93. The lowest BCUT2D eigenvalue weighted by Gasteiger charge is -2.04. The van der Waals surface area contributed by atoms with Crippen LogP contribution in [0.1, 0.15) is 12.6 Å². The van der Waals surface area contributed by atoms with Gasteiger partial charge in [-0.2, -0.15) is 5.10 Å². The molecule has 1 heterocycles. The molecule has 66 valence electrons. The molecule has 0 aliphatic heterocycles. The number of aryl methyl sites for hydroxylation is 2. The lowest BCUT2D eigenvalue weighted by atomic mass is 10.3. The van der Waals surface area contributed by atoms with Crippen molar-refractivity contribution in [2.24, 2.45) is 7.05 Å². The topological polar surface area (TPSA) is 44.1 Å². The average Bonchev–Trinajstić information content (AvgIpc) is 2.09. The van der Waals surface area contributed by atoms with Crippen molar-refractivity contribution in [2.45, 2.75) is 13.3 Å². The summed E-state index contributed by atoms with van der Waals surface area (Å²) in [6, 6.07) is 1.37. The van der Waals surface area contributed by atoms with Gasteiger partial charge in [-0.25, -0.2) is 4.68 Å². The van der Waals surface area contributed by atoms with E-state index in [4.69, 9.17) is 4.18 Å². The average molecular weight is 186 g/mol. The summed E-state index contributed by atoms with van der Waals surface area (Å²) in [5.41, 5.74) is 0.531. The standard InChI is InChI=1S/C7H10N2O2S/c1-3-5-6(11-12)4-7(10)9(2)8-5/h4,12H,3H2,1-2H3. The Hall–Kier alpha value is -0.970. The maximum absolute atomic E-state index is 11.1. The van der Waals surface area contributed by atoms with E-state index in [1.54, 1.807) is 7.05 Å². The number of aromatic nitrogens is 2. The Labute approximate surface area is 75.8 Å². The second-order valence-electron chi connectivity index (χ2n) is 2.36. The van der Waals surface area contributed by atoms with Crippen molar-refractivity contribution in [3.8, 4) is 5.75 Å². The molecule has 0 saturated carbocycles. The second-order valence-corrected chi connectivity index (χ2v) is 2.54. The van der Waals surface area contributed by atoms with E-state index in [-0.39, 0.29) is 5.56 Å². The van der Waals surface area contributed by atoms with Crippen molar-refractivity contribution in [3.05, 3.63) is 22.1 Å². The minimum absolute atomic E-state index is 0.198. The summed E-state index contributed by atoms with van der Waals surface area (Å²) < 4.78 is 5.96. The monoisotopic (exact) mass is 186 g/mol. The third-order valence-corrected chi connectivity index (χ3v) is 1.76. The van der Waals surface area contributed by atoms with E-state index in [1.807, 2.05) is 6.92 Å². The molecule has 0 radical (unpaired) electrons. The highest BCUT2D eigenvalue weighted by Gasteiger charge is 2.05. The fourth-order valence-electron chi connectivity index (χ4n) is 0.892. The number of rotatable bonds is 2. The molecule has 4 nitrogen and oxygen atoms in total. The minimum atomic E-state index is -0.198. The zero-order valence-corrected chi connectivity index (χ0v) is 7.84. The highest BCUT2D eigenvalue weighted by Crippen LogP contribution is 2.13. The molecule has 0 aliphatic carbocycles. The van der Waals surface area contributed by atoms with E-state index in [0.717, 1.165) is 5.69 Å². The van der Waals surface area contributed by atoms with Gasteiger partial charge in [-0.1, -0.05) is 6.92 Å². The summed E-state index contributed by atoms with van der Waals surface area (Å²) in [5.74, 6) is 0.434. The predicted molar refractivity (Wildman–Crippen MR) is 48.5 cm³/mol. The first-order chi connectivity index (χ1) is 5.69. The van der Waals surface area contributed by atoms with Crippen LogP contribution in [0.15, 0.2) is 10.9 Å². The van der Waals surface area contributed by atoms with Gasteiger partial charge in [0, 0.05) is 20.0 Å². The third-order valence-electron chi connectivity index (χ3n) is 1.56. The molecule has 0 bridgehead atoms. The van der Waals surface area contributed by atoms with Gasteiger partial charge < -0.3 is 4.18 Å². The zero-order valence-electron chi connectivity index (χ0n) is 6.94. The Kier molecular flexibility index (Phi) is 2.75. The predicted octanol–water partition coefficient (Wildman–Crippen LogP) is 0.566. The summed E-state index contributed by atoms with van der Waals surface area (Å²) in [4.78, 5) is 11.1. The largest absolute Gasteiger partial charge is 0.427 e. The molecule has 0 amide bonds. The number of hydrogen-bond acceptors (Lipinski definition) is 4. The quantitative estimate of drug-likeness (QED) is 0.542. The van der Waals surface area contributed by atoms with Crippen molar-refractivity contribution < 1.29 is 4.18 Å². The van der Waals surface area contributed by atoms with Crippen LogP contribution in [-0.2, 0) is 13.5 Å². The first-order valence-corrected chi connectivity index (χ1v) is 3.94. The highest BCUT2D eigenvalue weighted by molar-refractivity contribution is 7.75. The molecule has 0 aromatic carbocycles. The molecule has 1 rings (SSSR count). The van der Waals surface area contributed by atoms with Gasteiger partial charge in [-0.05, 0) is 6.42 Å². The Morgan fingerprint density at radius 3 is 2.92 bits per heavy atom. The van der Waals surface area contributed by atoms with Crippen LogP contribution >= 0.6 is 12.9 Å². The molecule has 1 aromatic heterocycles. The Balaban J connectivity index is 3.29. The molecule has 0 spiro atoms. The van der Waals surface area contributed by atoms with Crippen LogP contribution in [0.4, 0.5) is 0 Å². The molecule has 12 heavy (non-hydrogen) atoms. The van der Waals surface area contributed by atoms with Gasteiger partial charge in [0.15, 0.2) is 5.75 Å². The smallest absolute Gasteiger partial charge is 0.270 e. The van der Waals surface area contributed by atoms with Crippen molar-refractivity contribution in [3.63, 3.8) is 0 Å². The maximum atomic E-state index is 11.1. The fourth-order valence-corrected chi connectivity index (χ4v) is 1.05. The van der Waals surface area contributed by atoms with E-state index in [2.05, 4.69) is 18.0 Å². The van der Waals surface area contributed by atoms with Gasteiger partial charge in [0.25, 0.3) is 5.56 Å². The van der Waals surface area contributed by atoms with Crippen LogP contribution in [0.5, 0.6) is 5.75 Å². The van der Waals surface area contributed by atoms with Crippen molar-refractivity contribution in [1.82, 2.24) is 9.78 Å². The molecule has 1 aromatic rings. The Bertz CT molecular complexity index is 335. The Morgan fingerprint density at radius 2 is 2.42 bits per heavy atom. The van der Waals surface area contributed by atoms with Crippen LogP contribution in [0.2, 0.25) is 0 Å². The first-order valence-electron chi connectivity index (χ1n) is 3.57. The van der Waals surface area contributed by atoms with Crippen molar-refractivity contribution in [2.75, 3.05) is 0 Å². The molecule has 0 atom stereocenters. The maximum Gasteiger partial charge on any atom is 0.270 e. The Morgan fingerprint density at radius 1 is 1.75 bits per heavy atom. The number of hydrogen-bond donors (Lipinski definition) is 1. The number of thiol groups is 1. The lowest BCUT2D eigenvalue weighted by molar-refractivity contribution is 0.596. The zero-order chi connectivity index (χ0) is 9.14. The first kappa shape index (κ1) is 9.12. The van der Waals surface area contributed by atoms with Crippen LogP contribution < -0.4 is 9.74 Å². The molecule has 5 heteroatoms. The van der Waals surface area contributed by atoms with Crippen LogP contribution in [0, 0.1) is 0 Å². The number of nitrogens with zero attached hydrogens (tertiary/aromatic N) is 2. The van der Waals surface area contributed by atoms with Gasteiger partial charge in [-0.3, -0.25) is 4.79 Å². The van der Waals surface area contributed by atoms with E-state index in [9.17, 15) is 4.79 Å². The molecule has 0 unspecified atom stereocenters. The minimum Gasteiger partial charge on any atom is -0.427 e. The van der Waals surface area contributed by atoms with Crippen molar-refractivity contribution in [1.29, 1.82) is 0 Å². The molecule has 0 aliphatic rings. The lowest BCUT2D eigenvalue weighted by Crippen LogP contribution is -2.20. The van der Waals surface area contributed by atoms with Gasteiger partial charge in [-0.15, -0.1) is 0 Å². The van der Waals surface area contributed by atoms with Crippen LogP contribution in [0.3, 0.4) is 0 Å². The molecule has 0 saturated heterocycles. The fraction of sp³-hybridized carbons (Fsp3) is 0.429. The summed E-state index contributed by atoms with van der Waals surface area (Å²) in [5, 5.41) is 3.99. The summed E-state index contributed by atoms with van der Waals surface area (Å²) in [6.07, 6.45) is 0.712. The molecular weight excluding hydrogens is 176 g/mol.